The van der Waals surface area contributed by atoms with E-state index in [2.05, 4.69) is 15.3 Å². The first-order valence-electron chi connectivity index (χ1n) is 5.67. The lowest BCUT2D eigenvalue weighted by atomic mass is 10.2. The minimum absolute atomic E-state index is 0.0919. The highest BCUT2D eigenvalue weighted by Gasteiger charge is 2.10. The van der Waals surface area contributed by atoms with Gasteiger partial charge in [0, 0.05) is 19.3 Å². The van der Waals surface area contributed by atoms with Crippen molar-refractivity contribution in [3.63, 3.8) is 0 Å². The van der Waals surface area contributed by atoms with Crippen LogP contribution in [-0.4, -0.2) is 29.6 Å². The number of carbonyl (C=O) groups excluding carboxylic acids is 1. The van der Waals surface area contributed by atoms with Crippen LogP contribution >= 0.6 is 0 Å². The number of carbonyl (C=O) groups is 1. The van der Waals surface area contributed by atoms with Crippen LogP contribution in [0.5, 0.6) is 0 Å². The van der Waals surface area contributed by atoms with E-state index >= 15 is 0 Å². The van der Waals surface area contributed by atoms with E-state index in [1.54, 1.807) is 18.3 Å². The maximum absolute atomic E-state index is 11.8. The van der Waals surface area contributed by atoms with Crippen molar-refractivity contribution in [1.82, 2.24) is 15.3 Å². The van der Waals surface area contributed by atoms with Gasteiger partial charge in [-0.15, -0.1) is 0 Å². The molecule has 5 nitrogen and oxygen atoms in total. The number of urea groups is 1. The molecule has 5 heteroatoms. The average Bonchev–Trinajstić information content (AvgIpc) is 2.81. The minimum Gasteiger partial charge on any atom is -0.345 e. The first-order valence-corrected chi connectivity index (χ1v) is 5.67. The molecule has 0 fully saturated rings. The van der Waals surface area contributed by atoms with Gasteiger partial charge in [0.15, 0.2) is 0 Å². The summed E-state index contributed by atoms with van der Waals surface area (Å²) in [7, 11) is 1.75. The smallest absolute Gasteiger partial charge is 0.321 e. The lowest BCUT2D eigenvalue weighted by Gasteiger charge is -2.17. The van der Waals surface area contributed by atoms with Gasteiger partial charge in [0.25, 0.3) is 0 Å². The molecule has 1 aromatic carbocycles. The summed E-state index contributed by atoms with van der Waals surface area (Å²) in [6.45, 7) is 2.71. The van der Waals surface area contributed by atoms with E-state index in [9.17, 15) is 4.79 Å². The normalized spacial score (nSPS) is 10.5. The first kappa shape index (κ1) is 11.4. The zero-order valence-electron chi connectivity index (χ0n) is 10.0. The molecule has 0 spiro atoms. The molecule has 90 valence electrons. The molecule has 2 aromatic rings. The van der Waals surface area contributed by atoms with Crippen molar-refractivity contribution in [2.75, 3.05) is 18.5 Å². The van der Waals surface area contributed by atoms with Crippen LogP contribution in [0.2, 0.25) is 0 Å². The standard InChI is InChI=1S/C12H16N4O/c1-3-6-13-12(17)16(2)9-4-5-10-11(7-9)15-8-14-10/h4-5,7-8H,3,6H2,1-2H3,(H,13,17)(H,14,15). The number of amides is 2. The van der Waals surface area contributed by atoms with Gasteiger partial charge in [-0.2, -0.15) is 0 Å². The lowest BCUT2D eigenvalue weighted by molar-refractivity contribution is 0.247. The summed E-state index contributed by atoms with van der Waals surface area (Å²) < 4.78 is 0. The van der Waals surface area contributed by atoms with E-state index in [-0.39, 0.29) is 6.03 Å². The molecule has 0 saturated carbocycles. The monoisotopic (exact) mass is 232 g/mol. The molecule has 2 amide bonds. The number of anilines is 1. The number of nitrogens with zero attached hydrogens (tertiary/aromatic N) is 2. The molecule has 0 radical (unpaired) electrons. The Balaban J connectivity index is 2.17. The third-order valence-corrected chi connectivity index (χ3v) is 2.62. The SMILES string of the molecule is CCCNC(=O)N(C)c1ccc2nc[nH]c2c1. The molecule has 0 aliphatic carbocycles. The van der Waals surface area contributed by atoms with Crippen molar-refractivity contribution in [1.29, 1.82) is 0 Å². The second kappa shape index (κ2) is 4.86. The summed E-state index contributed by atoms with van der Waals surface area (Å²) in [5.41, 5.74) is 2.67. The van der Waals surface area contributed by atoms with E-state index in [1.165, 1.54) is 0 Å². The fraction of sp³-hybridized carbons (Fsp3) is 0.333. The molecule has 0 aliphatic rings. The van der Waals surface area contributed by atoms with Gasteiger partial charge in [-0.25, -0.2) is 9.78 Å². The van der Waals surface area contributed by atoms with Crippen LogP contribution in [0.3, 0.4) is 0 Å². The van der Waals surface area contributed by atoms with Crippen molar-refractivity contribution >= 4 is 22.8 Å². The van der Waals surface area contributed by atoms with Crippen molar-refractivity contribution < 1.29 is 4.79 Å². The topological polar surface area (TPSA) is 61.0 Å². The molecular formula is C12H16N4O. The molecule has 2 rings (SSSR count). The molecule has 1 heterocycles. The van der Waals surface area contributed by atoms with E-state index in [0.717, 1.165) is 23.1 Å². The predicted molar refractivity (Wildman–Crippen MR) is 68.2 cm³/mol. The van der Waals surface area contributed by atoms with Crippen LogP contribution in [0.15, 0.2) is 24.5 Å². The molecule has 0 atom stereocenters. The number of benzene rings is 1. The summed E-state index contributed by atoms with van der Waals surface area (Å²) in [5.74, 6) is 0. The summed E-state index contributed by atoms with van der Waals surface area (Å²) in [5, 5.41) is 2.83. The van der Waals surface area contributed by atoms with Crippen molar-refractivity contribution in [3.05, 3.63) is 24.5 Å². The zero-order valence-corrected chi connectivity index (χ0v) is 10.0. The van der Waals surface area contributed by atoms with Crippen molar-refractivity contribution in [2.45, 2.75) is 13.3 Å². The van der Waals surface area contributed by atoms with Crippen LogP contribution < -0.4 is 10.2 Å². The summed E-state index contributed by atoms with van der Waals surface area (Å²) in [6.07, 6.45) is 2.57. The molecule has 2 N–H and O–H groups in total. The summed E-state index contributed by atoms with van der Waals surface area (Å²) in [4.78, 5) is 20.5. The number of aromatic nitrogens is 2. The Kier molecular flexibility index (Phi) is 3.27. The van der Waals surface area contributed by atoms with Gasteiger partial charge in [0.05, 0.1) is 17.4 Å². The number of rotatable bonds is 3. The highest BCUT2D eigenvalue weighted by molar-refractivity contribution is 5.93. The number of H-pyrrole nitrogens is 1. The van der Waals surface area contributed by atoms with Gasteiger partial charge in [-0.1, -0.05) is 6.92 Å². The van der Waals surface area contributed by atoms with Gasteiger partial charge < -0.3 is 10.3 Å². The fourth-order valence-electron chi connectivity index (χ4n) is 1.60. The Hall–Kier alpha value is -2.04. The van der Waals surface area contributed by atoms with Gasteiger partial charge in [0.2, 0.25) is 0 Å². The highest BCUT2D eigenvalue weighted by atomic mass is 16.2. The zero-order chi connectivity index (χ0) is 12.3. The van der Waals surface area contributed by atoms with Gasteiger partial charge >= 0.3 is 6.03 Å². The molecule has 0 aliphatic heterocycles. The molecule has 0 bridgehead atoms. The number of hydrogen-bond acceptors (Lipinski definition) is 2. The molecule has 0 saturated heterocycles. The summed E-state index contributed by atoms with van der Waals surface area (Å²) in [6, 6.07) is 5.60. The number of fused-ring (bicyclic) bond motifs is 1. The second-order valence-electron chi connectivity index (χ2n) is 3.89. The van der Waals surface area contributed by atoms with Gasteiger partial charge in [-0.3, -0.25) is 4.90 Å². The third-order valence-electron chi connectivity index (χ3n) is 2.62. The van der Waals surface area contributed by atoms with E-state index in [4.69, 9.17) is 0 Å². The second-order valence-corrected chi connectivity index (χ2v) is 3.89. The fourth-order valence-corrected chi connectivity index (χ4v) is 1.60. The Morgan fingerprint density at radius 2 is 2.35 bits per heavy atom. The Bertz CT molecular complexity index is 520. The van der Waals surface area contributed by atoms with E-state index < -0.39 is 0 Å². The van der Waals surface area contributed by atoms with Crippen molar-refractivity contribution in [2.24, 2.45) is 0 Å². The number of imidazole rings is 1. The maximum atomic E-state index is 11.8. The van der Waals surface area contributed by atoms with Crippen molar-refractivity contribution in [3.8, 4) is 0 Å². The average molecular weight is 232 g/mol. The van der Waals surface area contributed by atoms with Crippen LogP contribution in [0.25, 0.3) is 11.0 Å². The largest absolute Gasteiger partial charge is 0.345 e. The van der Waals surface area contributed by atoms with Crippen LogP contribution in [0, 0.1) is 0 Å². The minimum atomic E-state index is -0.0919. The Morgan fingerprint density at radius 3 is 3.12 bits per heavy atom. The Morgan fingerprint density at radius 1 is 1.53 bits per heavy atom. The predicted octanol–water partition coefficient (Wildman–Crippen LogP) is 2.12. The van der Waals surface area contributed by atoms with E-state index in [0.29, 0.717) is 6.54 Å². The van der Waals surface area contributed by atoms with Crippen LogP contribution in [-0.2, 0) is 0 Å². The molecular weight excluding hydrogens is 216 g/mol. The third kappa shape index (κ3) is 2.38. The number of aromatic amines is 1. The molecule has 1 aromatic heterocycles. The lowest BCUT2D eigenvalue weighted by Crippen LogP contribution is -2.37. The number of hydrogen-bond donors (Lipinski definition) is 2. The van der Waals surface area contributed by atoms with Crippen LogP contribution in [0.1, 0.15) is 13.3 Å². The molecule has 0 unspecified atom stereocenters. The van der Waals surface area contributed by atoms with Crippen LogP contribution in [0.4, 0.5) is 10.5 Å². The highest BCUT2D eigenvalue weighted by Crippen LogP contribution is 2.18. The molecule has 17 heavy (non-hydrogen) atoms. The van der Waals surface area contributed by atoms with Gasteiger partial charge in [-0.05, 0) is 24.6 Å². The Labute approximate surface area is 99.8 Å². The number of nitrogens with one attached hydrogen (secondary N) is 2. The van der Waals surface area contributed by atoms with Gasteiger partial charge in [0.1, 0.15) is 0 Å². The quantitative estimate of drug-likeness (QED) is 0.851. The maximum Gasteiger partial charge on any atom is 0.321 e. The van der Waals surface area contributed by atoms with E-state index in [1.807, 2.05) is 25.1 Å². The summed E-state index contributed by atoms with van der Waals surface area (Å²) >= 11 is 0. The first-order chi connectivity index (χ1) is 8.22.